The maximum atomic E-state index is 10.7. The van der Waals surface area contributed by atoms with Gasteiger partial charge in [-0.1, -0.05) is 37.6 Å². The normalized spacial score (nSPS) is 11.4. The Bertz CT molecular complexity index is 355. The quantitative estimate of drug-likeness (QED) is 0.851. The van der Waals surface area contributed by atoms with Crippen LogP contribution in [0.5, 0.6) is 0 Å². The fourth-order valence-corrected chi connectivity index (χ4v) is 1.76. The van der Waals surface area contributed by atoms with Crippen molar-refractivity contribution in [3.05, 3.63) is 34.9 Å². The van der Waals surface area contributed by atoms with Gasteiger partial charge < -0.3 is 5.11 Å². The summed E-state index contributed by atoms with van der Waals surface area (Å²) in [4.78, 5) is 10.7. The molecule has 0 amide bonds. The van der Waals surface area contributed by atoms with Crippen molar-refractivity contribution in [2.75, 3.05) is 0 Å². The summed E-state index contributed by atoms with van der Waals surface area (Å²) in [6.07, 6.45) is 1.96. The maximum Gasteiger partial charge on any atom is 0.303 e. The third-order valence-electron chi connectivity index (χ3n) is 2.63. The molecule has 0 bridgehead atoms. The van der Waals surface area contributed by atoms with E-state index in [-0.39, 0.29) is 11.8 Å². The van der Waals surface area contributed by atoms with Crippen molar-refractivity contribution in [1.29, 1.82) is 0 Å². The number of carboxylic acid groups (broad SMARTS) is 1. The molecule has 0 aliphatic heterocycles. The first-order chi connectivity index (χ1) is 7.39. The summed E-state index contributed by atoms with van der Waals surface area (Å²) in [5.74, 6) is -0.735. The summed E-state index contributed by atoms with van der Waals surface area (Å²) >= 11 is 5.79. The Morgan fingerprint density at radius 2 is 1.88 bits per heavy atom. The van der Waals surface area contributed by atoms with Crippen LogP contribution in [0.2, 0.25) is 5.02 Å². The lowest BCUT2D eigenvalue weighted by Gasteiger charge is -2.22. The zero-order valence-corrected chi connectivity index (χ0v) is 10.4. The Labute approximate surface area is 101 Å². The molecule has 1 aromatic rings. The van der Waals surface area contributed by atoms with Gasteiger partial charge in [-0.25, -0.2) is 0 Å². The Morgan fingerprint density at radius 1 is 1.31 bits per heavy atom. The van der Waals surface area contributed by atoms with E-state index in [1.807, 2.05) is 38.1 Å². The van der Waals surface area contributed by atoms with Gasteiger partial charge in [-0.2, -0.15) is 0 Å². The molecule has 0 unspecified atom stereocenters. The molecule has 1 N–H and O–H groups in total. The van der Waals surface area contributed by atoms with Crippen molar-refractivity contribution >= 4 is 17.6 Å². The molecule has 0 spiro atoms. The molecular formula is C13H17ClO2. The largest absolute Gasteiger partial charge is 0.481 e. The summed E-state index contributed by atoms with van der Waals surface area (Å²) in [7, 11) is 0. The van der Waals surface area contributed by atoms with E-state index >= 15 is 0 Å². The van der Waals surface area contributed by atoms with Crippen molar-refractivity contribution in [2.24, 2.45) is 5.41 Å². The fourth-order valence-electron chi connectivity index (χ4n) is 1.63. The molecule has 88 valence electrons. The molecule has 2 nitrogen and oxygen atoms in total. The highest BCUT2D eigenvalue weighted by Gasteiger charge is 2.21. The molecule has 0 atom stereocenters. The maximum absolute atomic E-state index is 10.7. The second-order valence-corrected chi connectivity index (χ2v) is 5.30. The molecule has 3 heteroatoms. The number of hydrogen-bond donors (Lipinski definition) is 1. The molecule has 0 aliphatic carbocycles. The van der Waals surface area contributed by atoms with Crippen LogP contribution in [0.25, 0.3) is 0 Å². The molecule has 0 aliphatic rings. The van der Waals surface area contributed by atoms with Crippen molar-refractivity contribution in [3.8, 4) is 0 Å². The summed E-state index contributed by atoms with van der Waals surface area (Å²) < 4.78 is 0. The predicted molar refractivity (Wildman–Crippen MR) is 65.8 cm³/mol. The van der Waals surface area contributed by atoms with Gasteiger partial charge in [0.1, 0.15) is 0 Å². The summed E-state index contributed by atoms with van der Waals surface area (Å²) in [6, 6.07) is 7.69. The van der Waals surface area contributed by atoms with E-state index in [0.717, 1.165) is 17.9 Å². The van der Waals surface area contributed by atoms with E-state index in [0.29, 0.717) is 0 Å². The van der Waals surface area contributed by atoms with E-state index in [9.17, 15) is 4.79 Å². The molecule has 0 fully saturated rings. The number of aryl methyl sites for hydroxylation is 1. The number of carbonyl (C=O) groups is 1. The van der Waals surface area contributed by atoms with Gasteiger partial charge in [0.2, 0.25) is 0 Å². The van der Waals surface area contributed by atoms with Crippen molar-refractivity contribution in [3.63, 3.8) is 0 Å². The highest BCUT2D eigenvalue weighted by atomic mass is 35.5. The van der Waals surface area contributed by atoms with Crippen LogP contribution in [-0.2, 0) is 11.2 Å². The minimum Gasteiger partial charge on any atom is -0.481 e. The second kappa shape index (κ2) is 5.35. The van der Waals surface area contributed by atoms with E-state index in [1.165, 1.54) is 5.56 Å². The Balaban J connectivity index is 2.50. The third-order valence-corrected chi connectivity index (χ3v) is 2.89. The van der Waals surface area contributed by atoms with E-state index in [2.05, 4.69) is 0 Å². The molecule has 0 saturated carbocycles. The van der Waals surface area contributed by atoms with Crippen LogP contribution >= 0.6 is 11.6 Å². The summed E-state index contributed by atoms with van der Waals surface area (Å²) in [5.41, 5.74) is 1.04. The molecule has 0 radical (unpaired) electrons. The number of hydrogen-bond acceptors (Lipinski definition) is 1. The smallest absolute Gasteiger partial charge is 0.303 e. The molecule has 0 heterocycles. The zero-order valence-electron chi connectivity index (χ0n) is 9.66. The van der Waals surface area contributed by atoms with Crippen molar-refractivity contribution < 1.29 is 9.90 Å². The Hall–Kier alpha value is -1.02. The first-order valence-corrected chi connectivity index (χ1v) is 5.73. The van der Waals surface area contributed by atoms with Gasteiger partial charge in [0.25, 0.3) is 0 Å². The van der Waals surface area contributed by atoms with Gasteiger partial charge >= 0.3 is 5.97 Å². The van der Waals surface area contributed by atoms with E-state index in [4.69, 9.17) is 16.7 Å². The predicted octanol–water partition coefficient (Wildman–Crippen LogP) is 3.77. The number of benzene rings is 1. The first-order valence-electron chi connectivity index (χ1n) is 5.35. The van der Waals surface area contributed by atoms with Crippen LogP contribution in [-0.4, -0.2) is 11.1 Å². The van der Waals surface area contributed by atoms with Gasteiger partial charge in [-0.15, -0.1) is 0 Å². The van der Waals surface area contributed by atoms with E-state index in [1.54, 1.807) is 0 Å². The zero-order chi connectivity index (χ0) is 12.2. The van der Waals surface area contributed by atoms with Gasteiger partial charge in [-0.05, 0) is 36.0 Å². The molecule has 16 heavy (non-hydrogen) atoms. The van der Waals surface area contributed by atoms with Gasteiger partial charge in [0, 0.05) is 5.02 Å². The van der Waals surface area contributed by atoms with Gasteiger partial charge in [-0.3, -0.25) is 4.79 Å². The van der Waals surface area contributed by atoms with Crippen LogP contribution in [0.3, 0.4) is 0 Å². The van der Waals surface area contributed by atoms with Gasteiger partial charge in [0.15, 0.2) is 0 Å². The highest BCUT2D eigenvalue weighted by molar-refractivity contribution is 6.30. The average Bonchev–Trinajstić information content (AvgIpc) is 2.15. The standard InChI is InChI=1S/C13H17ClO2/c1-13(2,9-12(15)16)8-7-10-3-5-11(14)6-4-10/h3-6H,7-9H2,1-2H3,(H,15,16). The Kier molecular flexibility index (Phi) is 4.36. The number of halogens is 1. The molecule has 0 saturated heterocycles. The molecular weight excluding hydrogens is 224 g/mol. The lowest BCUT2D eigenvalue weighted by atomic mass is 9.83. The summed E-state index contributed by atoms with van der Waals surface area (Å²) in [6.45, 7) is 3.97. The topological polar surface area (TPSA) is 37.3 Å². The van der Waals surface area contributed by atoms with Crippen LogP contribution in [0.15, 0.2) is 24.3 Å². The van der Waals surface area contributed by atoms with Gasteiger partial charge in [0.05, 0.1) is 6.42 Å². The lowest BCUT2D eigenvalue weighted by Crippen LogP contribution is -2.17. The Morgan fingerprint density at radius 3 is 2.38 bits per heavy atom. The lowest BCUT2D eigenvalue weighted by molar-refractivity contribution is -0.139. The van der Waals surface area contributed by atoms with E-state index < -0.39 is 5.97 Å². The van der Waals surface area contributed by atoms with Crippen LogP contribution in [0.1, 0.15) is 32.3 Å². The average molecular weight is 241 g/mol. The SMILES string of the molecule is CC(C)(CCc1ccc(Cl)cc1)CC(=O)O. The fraction of sp³-hybridized carbons (Fsp3) is 0.462. The molecule has 0 aromatic heterocycles. The second-order valence-electron chi connectivity index (χ2n) is 4.86. The van der Waals surface area contributed by atoms with Crippen LogP contribution in [0.4, 0.5) is 0 Å². The number of carboxylic acids is 1. The van der Waals surface area contributed by atoms with Crippen LogP contribution in [0, 0.1) is 5.41 Å². The number of aliphatic carboxylic acids is 1. The van der Waals surface area contributed by atoms with Crippen molar-refractivity contribution in [2.45, 2.75) is 33.1 Å². The summed E-state index contributed by atoms with van der Waals surface area (Å²) in [5, 5.41) is 9.50. The minimum atomic E-state index is -0.735. The highest BCUT2D eigenvalue weighted by Crippen LogP contribution is 2.27. The first kappa shape index (κ1) is 13.0. The monoisotopic (exact) mass is 240 g/mol. The molecule has 1 rings (SSSR count). The molecule has 1 aromatic carbocycles. The van der Waals surface area contributed by atoms with Crippen LogP contribution < -0.4 is 0 Å². The minimum absolute atomic E-state index is 0.161. The van der Waals surface area contributed by atoms with Crippen molar-refractivity contribution in [1.82, 2.24) is 0 Å². The number of rotatable bonds is 5. The third kappa shape index (κ3) is 4.67.